The number of amides is 1. The van der Waals surface area contributed by atoms with Crippen LogP contribution >= 0.6 is 34.5 Å². The summed E-state index contributed by atoms with van der Waals surface area (Å²) in [5.41, 5.74) is 6.38. The maximum Gasteiger partial charge on any atom is 0.251 e. The van der Waals surface area contributed by atoms with Gasteiger partial charge in [0.2, 0.25) is 0 Å². The second-order valence-electron chi connectivity index (χ2n) is 4.17. The highest BCUT2D eigenvalue weighted by Crippen LogP contribution is 2.29. The Morgan fingerprint density at radius 2 is 2.25 bits per heavy atom. The first-order valence-electron chi connectivity index (χ1n) is 5.97. The van der Waals surface area contributed by atoms with Crippen LogP contribution in [0.3, 0.4) is 0 Å². The number of nitrogen functional groups attached to an aromatic ring is 1. The summed E-state index contributed by atoms with van der Waals surface area (Å²) in [6.07, 6.45) is 2.46. The van der Waals surface area contributed by atoms with Crippen molar-refractivity contribution in [2.45, 2.75) is 19.4 Å². The molecule has 0 saturated carbocycles. The summed E-state index contributed by atoms with van der Waals surface area (Å²) in [5.74, 6) is -0.252. The zero-order chi connectivity index (χ0) is 14.7. The molecule has 1 heterocycles. The first-order valence-corrected chi connectivity index (χ1v) is 7.61. The number of nitrogens with two attached hydrogens (primary N) is 1. The van der Waals surface area contributed by atoms with Crippen molar-refractivity contribution in [3.8, 4) is 0 Å². The number of hydrogen-bond acceptors (Lipinski definition) is 4. The number of nitrogens with zero attached hydrogens (tertiary/aromatic N) is 1. The summed E-state index contributed by atoms with van der Waals surface area (Å²) in [6.45, 7) is 1.98. The number of benzene rings is 1. The Morgan fingerprint density at radius 1 is 1.50 bits per heavy atom. The standard InChI is InChI=1S/C13H13Cl2N3OS/c1-2-10(13-17-3-4-20-13)18-12(19)7-5-8(14)11(15)9(16)6-7/h3-6,10H,2,16H2,1H3,(H,18,19). The molecule has 0 aliphatic carbocycles. The van der Waals surface area contributed by atoms with Gasteiger partial charge in [-0.05, 0) is 18.6 Å². The molecular formula is C13H13Cl2N3OS. The molecule has 3 N–H and O–H groups in total. The second-order valence-corrected chi connectivity index (χ2v) is 5.88. The molecule has 0 fully saturated rings. The van der Waals surface area contributed by atoms with E-state index in [1.807, 2.05) is 12.3 Å². The highest BCUT2D eigenvalue weighted by atomic mass is 35.5. The van der Waals surface area contributed by atoms with Gasteiger partial charge in [0, 0.05) is 17.1 Å². The van der Waals surface area contributed by atoms with Gasteiger partial charge in [-0.15, -0.1) is 11.3 Å². The van der Waals surface area contributed by atoms with E-state index >= 15 is 0 Å². The number of carbonyl (C=O) groups excluding carboxylic acids is 1. The molecule has 106 valence electrons. The van der Waals surface area contributed by atoms with E-state index < -0.39 is 0 Å². The number of rotatable bonds is 4. The minimum Gasteiger partial charge on any atom is -0.397 e. The van der Waals surface area contributed by atoms with E-state index in [0.717, 1.165) is 11.4 Å². The van der Waals surface area contributed by atoms with E-state index in [-0.39, 0.29) is 27.7 Å². The number of aromatic nitrogens is 1. The Bertz CT molecular complexity index is 593. The van der Waals surface area contributed by atoms with Gasteiger partial charge in [0.25, 0.3) is 5.91 Å². The number of anilines is 1. The maximum absolute atomic E-state index is 12.2. The van der Waals surface area contributed by atoms with Gasteiger partial charge in [0.1, 0.15) is 5.01 Å². The molecule has 0 aliphatic heterocycles. The van der Waals surface area contributed by atoms with Gasteiger partial charge in [-0.25, -0.2) is 4.98 Å². The smallest absolute Gasteiger partial charge is 0.251 e. The van der Waals surface area contributed by atoms with Gasteiger partial charge in [-0.2, -0.15) is 0 Å². The molecule has 0 saturated heterocycles. The van der Waals surface area contributed by atoms with Crippen molar-refractivity contribution in [3.63, 3.8) is 0 Å². The molecule has 0 spiro atoms. The molecule has 2 rings (SSSR count). The fraction of sp³-hybridized carbons (Fsp3) is 0.231. The largest absolute Gasteiger partial charge is 0.397 e. The number of hydrogen-bond donors (Lipinski definition) is 2. The average molecular weight is 330 g/mol. The third-order valence-electron chi connectivity index (χ3n) is 2.78. The molecule has 0 radical (unpaired) electrons. The first-order chi connectivity index (χ1) is 9.52. The molecule has 1 aromatic heterocycles. The third kappa shape index (κ3) is 3.23. The van der Waals surface area contributed by atoms with E-state index in [4.69, 9.17) is 28.9 Å². The van der Waals surface area contributed by atoms with Crippen LogP contribution in [0.2, 0.25) is 10.0 Å². The molecule has 0 bridgehead atoms. The van der Waals surface area contributed by atoms with E-state index in [0.29, 0.717) is 5.56 Å². The number of halogens is 2. The van der Waals surface area contributed by atoms with Crippen molar-refractivity contribution in [1.82, 2.24) is 10.3 Å². The fourth-order valence-corrected chi connectivity index (χ4v) is 2.84. The Kier molecular flexibility index (Phi) is 4.86. The van der Waals surface area contributed by atoms with Crippen molar-refractivity contribution in [2.75, 3.05) is 5.73 Å². The molecule has 0 aliphatic rings. The van der Waals surface area contributed by atoms with E-state index in [2.05, 4.69) is 10.3 Å². The monoisotopic (exact) mass is 329 g/mol. The highest BCUT2D eigenvalue weighted by molar-refractivity contribution is 7.09. The van der Waals surface area contributed by atoms with Crippen LogP contribution in [0.15, 0.2) is 23.7 Å². The number of thiazole rings is 1. The molecule has 1 amide bonds. The van der Waals surface area contributed by atoms with E-state index in [9.17, 15) is 4.79 Å². The van der Waals surface area contributed by atoms with E-state index in [1.54, 1.807) is 6.20 Å². The van der Waals surface area contributed by atoms with Crippen LogP contribution in [0.1, 0.15) is 34.8 Å². The minimum absolute atomic E-state index is 0.127. The first kappa shape index (κ1) is 15.1. The summed E-state index contributed by atoms with van der Waals surface area (Å²) < 4.78 is 0. The summed E-state index contributed by atoms with van der Waals surface area (Å²) in [5, 5.41) is 6.18. The zero-order valence-corrected chi connectivity index (χ0v) is 13.0. The van der Waals surface area contributed by atoms with Crippen LogP contribution in [0.4, 0.5) is 5.69 Å². The fourth-order valence-electron chi connectivity index (χ4n) is 1.73. The van der Waals surface area contributed by atoms with Gasteiger partial charge in [0.05, 0.1) is 21.8 Å². The van der Waals surface area contributed by atoms with Crippen LogP contribution < -0.4 is 11.1 Å². The predicted octanol–water partition coefficient (Wildman–Crippen LogP) is 3.91. The molecule has 1 aromatic carbocycles. The summed E-state index contributed by atoms with van der Waals surface area (Å²) in [7, 11) is 0. The van der Waals surface area contributed by atoms with Crippen molar-refractivity contribution in [1.29, 1.82) is 0 Å². The Hall–Kier alpha value is -1.30. The SMILES string of the molecule is CCC(NC(=O)c1cc(N)c(Cl)c(Cl)c1)c1nccs1. The zero-order valence-electron chi connectivity index (χ0n) is 10.7. The van der Waals surface area contributed by atoms with Gasteiger partial charge in [0.15, 0.2) is 0 Å². The molecule has 20 heavy (non-hydrogen) atoms. The Balaban J connectivity index is 2.19. The molecule has 7 heteroatoms. The van der Waals surface area contributed by atoms with Gasteiger partial charge in [-0.1, -0.05) is 30.1 Å². The minimum atomic E-state index is -0.252. The molecule has 1 atom stereocenters. The average Bonchev–Trinajstić information content (AvgIpc) is 2.95. The van der Waals surface area contributed by atoms with Gasteiger partial charge < -0.3 is 11.1 Å². The summed E-state index contributed by atoms with van der Waals surface area (Å²) in [6, 6.07) is 2.89. The van der Waals surface area contributed by atoms with Crippen LogP contribution in [0.5, 0.6) is 0 Å². The lowest BCUT2D eigenvalue weighted by molar-refractivity contribution is 0.0935. The van der Waals surface area contributed by atoms with Crippen LogP contribution in [0.25, 0.3) is 0 Å². The Labute approximate surface area is 130 Å². The quantitative estimate of drug-likeness (QED) is 0.835. The molecule has 4 nitrogen and oxygen atoms in total. The summed E-state index contributed by atoms with van der Waals surface area (Å²) >= 11 is 13.3. The van der Waals surface area contributed by atoms with Crippen molar-refractivity contribution in [2.24, 2.45) is 0 Å². The van der Waals surface area contributed by atoms with Crippen LogP contribution in [0, 0.1) is 0 Å². The normalized spacial score (nSPS) is 12.2. The van der Waals surface area contributed by atoms with Crippen molar-refractivity contribution < 1.29 is 4.79 Å². The van der Waals surface area contributed by atoms with Gasteiger partial charge >= 0.3 is 0 Å². The van der Waals surface area contributed by atoms with Crippen molar-refractivity contribution >= 4 is 46.1 Å². The molecular weight excluding hydrogens is 317 g/mol. The predicted molar refractivity (Wildman–Crippen MR) is 83.5 cm³/mol. The highest BCUT2D eigenvalue weighted by Gasteiger charge is 2.17. The second kappa shape index (κ2) is 6.43. The van der Waals surface area contributed by atoms with E-state index in [1.165, 1.54) is 23.5 Å². The number of nitrogens with one attached hydrogen (secondary N) is 1. The molecule has 2 aromatic rings. The summed E-state index contributed by atoms with van der Waals surface area (Å²) in [4.78, 5) is 16.4. The van der Waals surface area contributed by atoms with Crippen LogP contribution in [-0.4, -0.2) is 10.9 Å². The molecule has 1 unspecified atom stereocenters. The van der Waals surface area contributed by atoms with Crippen molar-refractivity contribution in [3.05, 3.63) is 44.3 Å². The van der Waals surface area contributed by atoms with Crippen LogP contribution in [-0.2, 0) is 0 Å². The Morgan fingerprint density at radius 3 is 2.80 bits per heavy atom. The third-order valence-corrected chi connectivity index (χ3v) is 4.49. The topological polar surface area (TPSA) is 68.0 Å². The van der Waals surface area contributed by atoms with Gasteiger partial charge in [-0.3, -0.25) is 4.79 Å². The maximum atomic E-state index is 12.2. The lowest BCUT2D eigenvalue weighted by Gasteiger charge is -2.15. The lowest BCUT2D eigenvalue weighted by Crippen LogP contribution is -2.28. The number of carbonyl (C=O) groups is 1. The lowest BCUT2D eigenvalue weighted by atomic mass is 10.1.